The number of halogens is 2. The largest absolute Gasteiger partial charge is 0.356 e. The van der Waals surface area contributed by atoms with Crippen LogP contribution in [0.1, 0.15) is 29.0 Å². The van der Waals surface area contributed by atoms with Crippen molar-refractivity contribution in [1.82, 2.24) is 9.97 Å². The van der Waals surface area contributed by atoms with Crippen LogP contribution < -0.4 is 15.5 Å². The predicted molar refractivity (Wildman–Crippen MR) is 122 cm³/mol. The van der Waals surface area contributed by atoms with Gasteiger partial charge < -0.3 is 15.5 Å². The zero-order valence-electron chi connectivity index (χ0n) is 16.5. The Morgan fingerprint density at radius 1 is 0.967 bits per heavy atom. The number of hydrogen-bond donors (Lipinski definition) is 2. The molecule has 154 valence electrons. The van der Waals surface area contributed by atoms with Crippen LogP contribution in [0.3, 0.4) is 0 Å². The molecule has 30 heavy (non-hydrogen) atoms. The summed E-state index contributed by atoms with van der Waals surface area (Å²) >= 11 is 12.0. The smallest absolute Gasteiger partial charge is 0.257 e. The summed E-state index contributed by atoms with van der Waals surface area (Å²) in [5.41, 5.74) is 1.89. The number of benzene rings is 2. The van der Waals surface area contributed by atoms with Crippen molar-refractivity contribution in [3.05, 3.63) is 70.0 Å². The molecule has 2 N–H and O–H groups in total. The summed E-state index contributed by atoms with van der Waals surface area (Å²) in [4.78, 5) is 23.8. The van der Waals surface area contributed by atoms with Crippen molar-refractivity contribution in [2.24, 2.45) is 0 Å². The van der Waals surface area contributed by atoms with E-state index in [9.17, 15) is 4.79 Å². The summed E-state index contributed by atoms with van der Waals surface area (Å²) in [6, 6.07) is 14.2. The standard InChI is InChI=1S/C22H21Cl2N5O/c1-14-25-20(13-21(26-14)29-10-2-3-11-29)27-16-5-7-17(8-6-16)28-22(30)18-9-4-15(23)12-19(18)24/h4-9,12-13H,2-3,10-11H2,1H3,(H,28,30)(H,25,26,27). The van der Waals surface area contributed by atoms with Crippen molar-refractivity contribution >= 4 is 52.1 Å². The minimum Gasteiger partial charge on any atom is -0.356 e. The predicted octanol–water partition coefficient (Wildman–Crippen LogP) is 5.69. The summed E-state index contributed by atoms with van der Waals surface area (Å²) in [5, 5.41) is 6.95. The van der Waals surface area contributed by atoms with E-state index in [2.05, 4.69) is 25.5 Å². The summed E-state index contributed by atoms with van der Waals surface area (Å²) < 4.78 is 0. The summed E-state index contributed by atoms with van der Waals surface area (Å²) in [6.07, 6.45) is 2.39. The molecule has 0 radical (unpaired) electrons. The number of nitrogens with one attached hydrogen (secondary N) is 2. The molecule has 0 unspecified atom stereocenters. The Morgan fingerprint density at radius 3 is 2.37 bits per heavy atom. The number of aryl methyl sites for hydroxylation is 1. The molecule has 3 aromatic rings. The van der Waals surface area contributed by atoms with Gasteiger partial charge in [-0.1, -0.05) is 23.2 Å². The molecule has 0 atom stereocenters. The molecule has 1 saturated heterocycles. The Balaban J connectivity index is 1.44. The maximum absolute atomic E-state index is 12.4. The Labute approximate surface area is 185 Å². The quantitative estimate of drug-likeness (QED) is 0.532. The molecule has 2 heterocycles. The van der Waals surface area contributed by atoms with E-state index in [1.54, 1.807) is 18.2 Å². The maximum atomic E-state index is 12.4. The van der Waals surface area contributed by atoms with Crippen LogP contribution in [0.4, 0.5) is 23.0 Å². The highest BCUT2D eigenvalue weighted by Crippen LogP contribution is 2.25. The molecule has 0 aliphatic carbocycles. The summed E-state index contributed by atoms with van der Waals surface area (Å²) in [6.45, 7) is 3.95. The van der Waals surface area contributed by atoms with E-state index in [-0.39, 0.29) is 5.91 Å². The van der Waals surface area contributed by atoms with Gasteiger partial charge in [0, 0.05) is 35.6 Å². The Bertz CT molecular complexity index is 1070. The average Bonchev–Trinajstić information content (AvgIpc) is 3.24. The molecular formula is C22H21Cl2N5O. The monoisotopic (exact) mass is 441 g/mol. The van der Waals surface area contributed by atoms with Crippen molar-refractivity contribution in [2.45, 2.75) is 19.8 Å². The van der Waals surface area contributed by atoms with Gasteiger partial charge in [-0.05, 0) is 62.2 Å². The van der Waals surface area contributed by atoms with Gasteiger partial charge in [-0.15, -0.1) is 0 Å². The number of carbonyl (C=O) groups is 1. The number of rotatable bonds is 5. The van der Waals surface area contributed by atoms with Crippen molar-refractivity contribution in [2.75, 3.05) is 28.6 Å². The zero-order valence-corrected chi connectivity index (χ0v) is 18.0. The second kappa shape index (κ2) is 8.90. The van der Waals surface area contributed by atoms with Gasteiger partial charge in [0.2, 0.25) is 0 Å². The first kappa shape index (κ1) is 20.4. The van der Waals surface area contributed by atoms with Gasteiger partial charge in [0.15, 0.2) is 0 Å². The van der Waals surface area contributed by atoms with Crippen LogP contribution in [0.25, 0.3) is 0 Å². The minimum absolute atomic E-state index is 0.293. The Morgan fingerprint density at radius 2 is 1.67 bits per heavy atom. The highest BCUT2D eigenvalue weighted by Gasteiger charge is 2.15. The minimum atomic E-state index is -0.293. The normalized spacial score (nSPS) is 13.4. The van der Waals surface area contributed by atoms with Gasteiger partial charge in [0.25, 0.3) is 5.91 Å². The highest BCUT2D eigenvalue weighted by atomic mass is 35.5. The SMILES string of the molecule is Cc1nc(Nc2ccc(NC(=O)c3ccc(Cl)cc3Cl)cc2)cc(N2CCCC2)n1. The van der Waals surface area contributed by atoms with E-state index in [4.69, 9.17) is 23.2 Å². The lowest BCUT2D eigenvalue weighted by Gasteiger charge is -2.18. The van der Waals surface area contributed by atoms with Gasteiger partial charge >= 0.3 is 0 Å². The van der Waals surface area contributed by atoms with E-state index in [1.807, 2.05) is 37.3 Å². The van der Waals surface area contributed by atoms with Crippen molar-refractivity contribution < 1.29 is 4.79 Å². The molecule has 2 aromatic carbocycles. The molecule has 1 fully saturated rings. The summed E-state index contributed by atoms with van der Waals surface area (Å²) in [5.74, 6) is 2.13. The molecule has 0 bridgehead atoms. The number of carbonyl (C=O) groups excluding carboxylic acids is 1. The first-order chi connectivity index (χ1) is 14.5. The summed E-state index contributed by atoms with van der Waals surface area (Å²) in [7, 11) is 0. The third-order valence-electron chi connectivity index (χ3n) is 4.85. The van der Waals surface area contributed by atoms with Gasteiger partial charge in [-0.3, -0.25) is 4.79 Å². The third-order valence-corrected chi connectivity index (χ3v) is 5.39. The lowest BCUT2D eigenvalue weighted by atomic mass is 10.2. The molecule has 1 amide bonds. The van der Waals surface area contributed by atoms with Crippen LogP contribution in [0.5, 0.6) is 0 Å². The number of aromatic nitrogens is 2. The second-order valence-corrected chi connectivity index (χ2v) is 7.98. The lowest BCUT2D eigenvalue weighted by molar-refractivity contribution is 0.102. The second-order valence-electron chi connectivity index (χ2n) is 7.13. The molecule has 0 saturated carbocycles. The van der Waals surface area contributed by atoms with Crippen LogP contribution in [-0.2, 0) is 0 Å². The van der Waals surface area contributed by atoms with Gasteiger partial charge in [0.05, 0.1) is 10.6 Å². The molecule has 8 heteroatoms. The van der Waals surface area contributed by atoms with Gasteiger partial charge in [-0.2, -0.15) is 0 Å². The van der Waals surface area contributed by atoms with Crippen molar-refractivity contribution in [3.63, 3.8) is 0 Å². The highest BCUT2D eigenvalue weighted by molar-refractivity contribution is 6.37. The molecule has 4 rings (SSSR count). The first-order valence-electron chi connectivity index (χ1n) is 9.72. The zero-order chi connectivity index (χ0) is 21.1. The van der Waals surface area contributed by atoms with Crippen molar-refractivity contribution in [3.8, 4) is 0 Å². The van der Waals surface area contributed by atoms with Crippen LogP contribution in [0.15, 0.2) is 48.5 Å². The van der Waals surface area contributed by atoms with Crippen LogP contribution in [0.2, 0.25) is 10.0 Å². The number of anilines is 4. The van der Waals surface area contributed by atoms with E-state index in [0.717, 1.165) is 36.2 Å². The first-order valence-corrected chi connectivity index (χ1v) is 10.5. The van der Waals surface area contributed by atoms with E-state index < -0.39 is 0 Å². The Hall–Kier alpha value is -2.83. The average molecular weight is 442 g/mol. The van der Waals surface area contributed by atoms with Gasteiger partial charge in [0.1, 0.15) is 17.5 Å². The van der Waals surface area contributed by atoms with Crippen LogP contribution >= 0.6 is 23.2 Å². The molecule has 1 aromatic heterocycles. The lowest BCUT2D eigenvalue weighted by Crippen LogP contribution is -2.19. The van der Waals surface area contributed by atoms with Gasteiger partial charge in [-0.25, -0.2) is 9.97 Å². The van der Waals surface area contributed by atoms with Crippen molar-refractivity contribution in [1.29, 1.82) is 0 Å². The molecule has 1 aliphatic rings. The number of hydrogen-bond acceptors (Lipinski definition) is 5. The van der Waals surface area contributed by atoms with Crippen LogP contribution in [-0.4, -0.2) is 29.0 Å². The molecule has 1 aliphatic heterocycles. The topological polar surface area (TPSA) is 70.2 Å². The van der Waals surface area contributed by atoms with E-state index in [0.29, 0.717) is 21.3 Å². The van der Waals surface area contributed by atoms with Crippen LogP contribution in [0, 0.1) is 6.92 Å². The molecule has 0 spiro atoms. The Kier molecular flexibility index (Phi) is 6.06. The number of amides is 1. The fourth-order valence-corrected chi connectivity index (χ4v) is 3.88. The maximum Gasteiger partial charge on any atom is 0.257 e. The fourth-order valence-electron chi connectivity index (χ4n) is 3.38. The van der Waals surface area contributed by atoms with E-state index in [1.165, 1.54) is 12.8 Å². The molecule has 6 nitrogen and oxygen atoms in total. The fraction of sp³-hybridized carbons (Fsp3) is 0.227. The number of nitrogens with zero attached hydrogens (tertiary/aromatic N) is 3. The molecular weight excluding hydrogens is 421 g/mol. The van der Waals surface area contributed by atoms with E-state index >= 15 is 0 Å². The third kappa shape index (κ3) is 4.83.